The normalized spacial score (nSPS) is 17.8. The Morgan fingerprint density at radius 3 is 3.22 bits per heavy atom. The number of esters is 1. The minimum Gasteiger partial charge on any atom is -0.466 e. The molecule has 1 aromatic rings. The fraction of sp³-hybridized carbons (Fsp3) is 0.538. The lowest BCUT2D eigenvalue weighted by atomic mass is 9.89. The van der Waals surface area contributed by atoms with Crippen molar-refractivity contribution < 1.29 is 13.9 Å². The Hall–Kier alpha value is -1.65. The average Bonchev–Trinajstić information content (AvgIpc) is 2.36. The predicted octanol–water partition coefficient (Wildman–Crippen LogP) is 2.46. The van der Waals surface area contributed by atoms with Crippen LogP contribution in [-0.2, 0) is 9.53 Å². The third-order valence-corrected chi connectivity index (χ3v) is 3.12. The van der Waals surface area contributed by atoms with Gasteiger partial charge in [0.15, 0.2) is 0 Å². The summed E-state index contributed by atoms with van der Waals surface area (Å²) in [6, 6.07) is 3.11. The molecule has 0 radical (unpaired) electrons. The quantitative estimate of drug-likeness (QED) is 0.660. The van der Waals surface area contributed by atoms with Crippen LogP contribution in [0.2, 0.25) is 0 Å². The maximum Gasteiger partial charge on any atom is 0.305 e. The van der Waals surface area contributed by atoms with Crippen molar-refractivity contribution in [2.75, 3.05) is 18.5 Å². The van der Waals surface area contributed by atoms with Gasteiger partial charge in [0, 0.05) is 13.0 Å². The number of fused-ring (bicyclic) bond motifs is 1. The fourth-order valence-electron chi connectivity index (χ4n) is 2.26. The number of carbonyl (C=O) groups is 1. The second-order valence-corrected chi connectivity index (χ2v) is 4.33. The lowest BCUT2D eigenvalue weighted by Crippen LogP contribution is -2.19. The molecule has 98 valence electrons. The van der Waals surface area contributed by atoms with Crippen molar-refractivity contribution in [1.29, 1.82) is 0 Å². The summed E-state index contributed by atoms with van der Waals surface area (Å²) in [6.07, 6.45) is 2.05. The van der Waals surface area contributed by atoms with E-state index < -0.39 is 5.95 Å². The van der Waals surface area contributed by atoms with Crippen molar-refractivity contribution in [3.63, 3.8) is 0 Å². The molecule has 1 aromatic heterocycles. The number of halogens is 1. The van der Waals surface area contributed by atoms with Gasteiger partial charge in [0.25, 0.3) is 0 Å². The van der Waals surface area contributed by atoms with Crippen LogP contribution in [0.15, 0.2) is 12.1 Å². The molecule has 5 heteroatoms. The van der Waals surface area contributed by atoms with E-state index in [1.165, 1.54) is 6.07 Å². The SMILES string of the molecule is CCOC(=O)CCC1CCNc2nc(F)ccc21. The number of pyridine rings is 1. The van der Waals surface area contributed by atoms with Gasteiger partial charge in [-0.15, -0.1) is 0 Å². The molecule has 0 spiro atoms. The van der Waals surface area contributed by atoms with E-state index in [2.05, 4.69) is 10.3 Å². The molecule has 0 saturated heterocycles. The Kier molecular flexibility index (Phi) is 4.12. The number of hydrogen-bond donors (Lipinski definition) is 1. The molecule has 2 heterocycles. The highest BCUT2D eigenvalue weighted by molar-refractivity contribution is 5.69. The van der Waals surface area contributed by atoms with Gasteiger partial charge in [-0.25, -0.2) is 4.98 Å². The molecular weight excluding hydrogens is 235 g/mol. The summed E-state index contributed by atoms with van der Waals surface area (Å²) in [6.45, 7) is 2.97. The van der Waals surface area contributed by atoms with Crippen molar-refractivity contribution in [3.8, 4) is 0 Å². The van der Waals surface area contributed by atoms with Crippen LogP contribution in [0.1, 0.15) is 37.7 Å². The van der Waals surface area contributed by atoms with E-state index in [4.69, 9.17) is 4.74 Å². The van der Waals surface area contributed by atoms with E-state index in [0.29, 0.717) is 18.8 Å². The maximum atomic E-state index is 13.0. The number of ether oxygens (including phenoxy) is 1. The molecule has 0 bridgehead atoms. The van der Waals surface area contributed by atoms with Crippen LogP contribution < -0.4 is 5.32 Å². The molecule has 1 N–H and O–H groups in total. The lowest BCUT2D eigenvalue weighted by Gasteiger charge is -2.25. The van der Waals surface area contributed by atoms with Crippen LogP contribution >= 0.6 is 0 Å². The summed E-state index contributed by atoms with van der Waals surface area (Å²) in [5.41, 5.74) is 0.993. The Labute approximate surface area is 106 Å². The van der Waals surface area contributed by atoms with Gasteiger partial charge in [0.05, 0.1) is 6.61 Å². The number of nitrogens with one attached hydrogen (secondary N) is 1. The largest absolute Gasteiger partial charge is 0.466 e. The number of rotatable bonds is 4. The van der Waals surface area contributed by atoms with Crippen molar-refractivity contribution >= 4 is 11.8 Å². The van der Waals surface area contributed by atoms with Gasteiger partial charge in [0.1, 0.15) is 5.82 Å². The van der Waals surface area contributed by atoms with Crippen LogP contribution in [0.25, 0.3) is 0 Å². The molecule has 1 aliphatic heterocycles. The Morgan fingerprint density at radius 2 is 2.44 bits per heavy atom. The summed E-state index contributed by atoms with van der Waals surface area (Å²) in [4.78, 5) is 15.2. The van der Waals surface area contributed by atoms with E-state index in [0.717, 1.165) is 24.9 Å². The van der Waals surface area contributed by atoms with Crippen LogP contribution in [0.5, 0.6) is 0 Å². The second-order valence-electron chi connectivity index (χ2n) is 4.33. The van der Waals surface area contributed by atoms with Crippen molar-refractivity contribution in [2.24, 2.45) is 0 Å². The first-order chi connectivity index (χ1) is 8.70. The zero-order valence-electron chi connectivity index (χ0n) is 10.4. The smallest absolute Gasteiger partial charge is 0.305 e. The van der Waals surface area contributed by atoms with Gasteiger partial charge in [0.2, 0.25) is 5.95 Å². The van der Waals surface area contributed by atoms with Crippen molar-refractivity contribution in [3.05, 3.63) is 23.6 Å². The number of nitrogens with zero attached hydrogens (tertiary/aromatic N) is 1. The first kappa shape index (κ1) is 12.8. The first-order valence-electron chi connectivity index (χ1n) is 6.26. The molecular formula is C13H17FN2O2. The minimum atomic E-state index is -0.479. The topological polar surface area (TPSA) is 51.2 Å². The fourth-order valence-corrected chi connectivity index (χ4v) is 2.26. The molecule has 1 atom stereocenters. The highest BCUT2D eigenvalue weighted by atomic mass is 19.1. The summed E-state index contributed by atoms with van der Waals surface area (Å²) in [5, 5.41) is 3.08. The molecule has 1 unspecified atom stereocenters. The molecule has 4 nitrogen and oxygen atoms in total. The molecule has 0 aromatic carbocycles. The van der Waals surface area contributed by atoms with Gasteiger partial charge in [-0.05, 0) is 37.3 Å². The third kappa shape index (κ3) is 2.97. The zero-order chi connectivity index (χ0) is 13.0. The Morgan fingerprint density at radius 1 is 1.61 bits per heavy atom. The highest BCUT2D eigenvalue weighted by Crippen LogP contribution is 2.33. The molecule has 0 saturated carbocycles. The molecule has 2 rings (SSSR count). The number of anilines is 1. The van der Waals surface area contributed by atoms with E-state index in [1.807, 2.05) is 0 Å². The molecule has 0 amide bonds. The maximum absolute atomic E-state index is 13.0. The van der Waals surface area contributed by atoms with E-state index in [-0.39, 0.29) is 11.9 Å². The molecule has 0 aliphatic carbocycles. The van der Waals surface area contributed by atoms with Crippen molar-refractivity contribution in [2.45, 2.75) is 32.1 Å². The first-order valence-corrected chi connectivity index (χ1v) is 6.26. The summed E-state index contributed by atoms with van der Waals surface area (Å²) >= 11 is 0. The Balaban J connectivity index is 2.01. The zero-order valence-corrected chi connectivity index (χ0v) is 10.4. The van der Waals surface area contributed by atoms with Crippen LogP contribution in [0, 0.1) is 5.95 Å². The Bertz CT molecular complexity index is 437. The summed E-state index contributed by atoms with van der Waals surface area (Å²) in [5.74, 6) is 0.203. The predicted molar refractivity (Wildman–Crippen MR) is 65.9 cm³/mol. The van der Waals surface area contributed by atoms with E-state index >= 15 is 0 Å². The van der Waals surface area contributed by atoms with Gasteiger partial charge in [-0.2, -0.15) is 4.39 Å². The average molecular weight is 252 g/mol. The van der Waals surface area contributed by atoms with Crippen LogP contribution in [-0.4, -0.2) is 24.1 Å². The molecule has 18 heavy (non-hydrogen) atoms. The number of hydrogen-bond acceptors (Lipinski definition) is 4. The number of aromatic nitrogens is 1. The second kappa shape index (κ2) is 5.80. The van der Waals surface area contributed by atoms with Crippen LogP contribution in [0.3, 0.4) is 0 Å². The van der Waals surface area contributed by atoms with Gasteiger partial charge in [-0.3, -0.25) is 4.79 Å². The third-order valence-electron chi connectivity index (χ3n) is 3.12. The molecule has 1 aliphatic rings. The van der Waals surface area contributed by atoms with Crippen LogP contribution in [0.4, 0.5) is 10.2 Å². The standard InChI is InChI=1S/C13H17FN2O2/c1-2-18-12(17)6-3-9-7-8-15-13-10(9)4-5-11(14)16-13/h4-5,9H,2-3,6-8H2,1H3,(H,15,16). The van der Waals surface area contributed by atoms with E-state index in [1.54, 1.807) is 13.0 Å². The molecule has 0 fully saturated rings. The van der Waals surface area contributed by atoms with Crippen molar-refractivity contribution in [1.82, 2.24) is 4.98 Å². The number of carbonyl (C=O) groups excluding carboxylic acids is 1. The minimum absolute atomic E-state index is 0.173. The monoisotopic (exact) mass is 252 g/mol. The van der Waals surface area contributed by atoms with Gasteiger partial charge < -0.3 is 10.1 Å². The summed E-state index contributed by atoms with van der Waals surface area (Å²) < 4.78 is 17.9. The summed E-state index contributed by atoms with van der Waals surface area (Å²) in [7, 11) is 0. The highest BCUT2D eigenvalue weighted by Gasteiger charge is 2.22. The van der Waals surface area contributed by atoms with Gasteiger partial charge >= 0.3 is 5.97 Å². The van der Waals surface area contributed by atoms with E-state index in [9.17, 15) is 9.18 Å². The van der Waals surface area contributed by atoms with Gasteiger partial charge in [-0.1, -0.05) is 6.07 Å². The lowest BCUT2D eigenvalue weighted by molar-refractivity contribution is -0.143.